The molecule has 0 atom stereocenters. The van der Waals surface area contributed by atoms with Crippen molar-refractivity contribution >= 4 is 17.6 Å². The highest BCUT2D eigenvalue weighted by molar-refractivity contribution is 5.92. The van der Waals surface area contributed by atoms with Crippen molar-refractivity contribution in [2.45, 2.75) is 20.0 Å². The summed E-state index contributed by atoms with van der Waals surface area (Å²) in [6.07, 6.45) is 0. The van der Waals surface area contributed by atoms with Crippen LogP contribution in [0.3, 0.4) is 0 Å². The second-order valence-electron chi connectivity index (χ2n) is 7.06. The van der Waals surface area contributed by atoms with E-state index in [1.807, 2.05) is 60.7 Å². The van der Waals surface area contributed by atoms with Gasteiger partial charge in [0.05, 0.1) is 10.5 Å². The van der Waals surface area contributed by atoms with Gasteiger partial charge in [-0.15, -0.1) is 0 Å². The number of benzene rings is 3. The first-order chi connectivity index (χ1) is 14.9. The fraction of sp³-hybridized carbons (Fsp3) is 0.167. The fourth-order valence-corrected chi connectivity index (χ4v) is 3.07. The third-order valence-corrected chi connectivity index (χ3v) is 4.75. The highest BCUT2D eigenvalue weighted by Gasteiger charge is 2.20. The van der Waals surface area contributed by atoms with Crippen molar-refractivity contribution in [3.05, 3.63) is 111 Å². The number of hydrogen-bond donors (Lipinski definition) is 0. The van der Waals surface area contributed by atoms with E-state index < -0.39 is 17.5 Å². The number of aryl methyl sites for hydroxylation is 1. The number of amides is 1. The van der Waals surface area contributed by atoms with Crippen LogP contribution in [0.5, 0.6) is 0 Å². The Balaban J connectivity index is 1.70. The van der Waals surface area contributed by atoms with Gasteiger partial charge in [0.2, 0.25) is 0 Å². The van der Waals surface area contributed by atoms with Gasteiger partial charge in [-0.25, -0.2) is 4.79 Å². The third-order valence-electron chi connectivity index (χ3n) is 4.75. The van der Waals surface area contributed by atoms with Gasteiger partial charge in [0, 0.05) is 24.7 Å². The first-order valence-electron chi connectivity index (χ1n) is 9.72. The lowest BCUT2D eigenvalue weighted by Crippen LogP contribution is -2.34. The van der Waals surface area contributed by atoms with Crippen LogP contribution in [0.4, 0.5) is 5.69 Å². The molecule has 0 saturated carbocycles. The van der Waals surface area contributed by atoms with Gasteiger partial charge in [0.15, 0.2) is 6.61 Å². The molecule has 1 amide bonds. The maximum atomic E-state index is 12.9. The second-order valence-corrected chi connectivity index (χ2v) is 7.06. The van der Waals surface area contributed by atoms with Crippen LogP contribution in [0.25, 0.3) is 0 Å². The van der Waals surface area contributed by atoms with Crippen molar-refractivity contribution in [3.63, 3.8) is 0 Å². The largest absolute Gasteiger partial charge is 0.452 e. The molecule has 0 saturated heterocycles. The molecule has 158 valence electrons. The summed E-state index contributed by atoms with van der Waals surface area (Å²) in [5.41, 5.74) is 2.20. The van der Waals surface area contributed by atoms with Gasteiger partial charge in [0.1, 0.15) is 0 Å². The summed E-state index contributed by atoms with van der Waals surface area (Å²) < 4.78 is 5.17. The maximum Gasteiger partial charge on any atom is 0.338 e. The predicted octanol–water partition coefficient (Wildman–Crippen LogP) is 4.29. The Kier molecular flexibility index (Phi) is 7.11. The topological polar surface area (TPSA) is 89.8 Å². The molecule has 0 aliphatic carbocycles. The average molecular weight is 418 g/mol. The van der Waals surface area contributed by atoms with E-state index in [0.29, 0.717) is 18.7 Å². The molecule has 3 aromatic carbocycles. The molecule has 0 aliphatic rings. The van der Waals surface area contributed by atoms with Crippen LogP contribution in [0.1, 0.15) is 27.0 Å². The van der Waals surface area contributed by atoms with Crippen LogP contribution in [-0.4, -0.2) is 28.3 Å². The maximum absolute atomic E-state index is 12.9. The van der Waals surface area contributed by atoms with Crippen molar-refractivity contribution in [1.82, 2.24) is 4.90 Å². The molecular formula is C24H22N2O5. The number of nitro benzene ring substituents is 1. The Morgan fingerprint density at radius 3 is 1.97 bits per heavy atom. The van der Waals surface area contributed by atoms with Gasteiger partial charge in [-0.05, 0) is 24.1 Å². The van der Waals surface area contributed by atoms with Gasteiger partial charge < -0.3 is 9.64 Å². The van der Waals surface area contributed by atoms with Crippen molar-refractivity contribution in [3.8, 4) is 0 Å². The van der Waals surface area contributed by atoms with Gasteiger partial charge in [-0.1, -0.05) is 66.7 Å². The molecule has 31 heavy (non-hydrogen) atoms. The summed E-state index contributed by atoms with van der Waals surface area (Å²) >= 11 is 0. The summed E-state index contributed by atoms with van der Waals surface area (Å²) in [7, 11) is 0. The number of nitro groups is 1. The number of ether oxygens (including phenoxy) is 1. The number of nitrogens with zero attached hydrogens (tertiary/aromatic N) is 2. The fourth-order valence-electron chi connectivity index (χ4n) is 3.07. The zero-order chi connectivity index (χ0) is 22.2. The molecule has 0 fully saturated rings. The monoisotopic (exact) mass is 418 g/mol. The zero-order valence-electron chi connectivity index (χ0n) is 17.1. The van der Waals surface area contributed by atoms with Crippen LogP contribution in [0, 0.1) is 17.0 Å². The Morgan fingerprint density at radius 2 is 1.45 bits per heavy atom. The van der Waals surface area contributed by atoms with E-state index in [9.17, 15) is 19.7 Å². The minimum absolute atomic E-state index is 0.0303. The number of rotatable bonds is 8. The third kappa shape index (κ3) is 5.99. The Labute approximate surface area is 180 Å². The summed E-state index contributed by atoms with van der Waals surface area (Å²) in [6.45, 7) is 1.85. The molecule has 7 heteroatoms. The van der Waals surface area contributed by atoms with E-state index >= 15 is 0 Å². The number of carbonyl (C=O) groups excluding carboxylic acids is 2. The van der Waals surface area contributed by atoms with Gasteiger partial charge >= 0.3 is 5.97 Å². The molecule has 0 aliphatic heterocycles. The summed E-state index contributed by atoms with van der Waals surface area (Å²) in [4.78, 5) is 37.4. The molecule has 0 radical (unpaired) electrons. The summed E-state index contributed by atoms with van der Waals surface area (Å²) in [5.74, 6) is -1.14. The summed E-state index contributed by atoms with van der Waals surface area (Å²) in [5, 5.41) is 11.1. The molecule has 0 aromatic heterocycles. The van der Waals surface area contributed by atoms with E-state index in [2.05, 4.69) is 0 Å². The lowest BCUT2D eigenvalue weighted by atomic mass is 10.1. The number of hydrogen-bond acceptors (Lipinski definition) is 5. The highest BCUT2D eigenvalue weighted by atomic mass is 16.6. The molecular weight excluding hydrogens is 396 g/mol. The van der Waals surface area contributed by atoms with Crippen molar-refractivity contribution in [2.75, 3.05) is 6.61 Å². The van der Waals surface area contributed by atoms with Crippen LogP contribution >= 0.6 is 0 Å². The molecule has 7 nitrogen and oxygen atoms in total. The lowest BCUT2D eigenvalue weighted by Gasteiger charge is -2.23. The summed E-state index contributed by atoms with van der Waals surface area (Å²) in [6, 6.07) is 23.1. The van der Waals surface area contributed by atoms with E-state index in [1.54, 1.807) is 11.8 Å². The predicted molar refractivity (Wildman–Crippen MR) is 115 cm³/mol. The molecule has 0 heterocycles. The Morgan fingerprint density at radius 1 is 0.903 bits per heavy atom. The molecule has 0 spiro atoms. The van der Waals surface area contributed by atoms with E-state index in [1.165, 1.54) is 12.1 Å². The van der Waals surface area contributed by atoms with Gasteiger partial charge in [0.25, 0.3) is 11.6 Å². The van der Waals surface area contributed by atoms with Crippen LogP contribution in [0.15, 0.2) is 78.9 Å². The quantitative estimate of drug-likeness (QED) is 0.309. The Hall–Kier alpha value is -4.00. The van der Waals surface area contributed by atoms with Crippen LogP contribution in [0.2, 0.25) is 0 Å². The molecule has 0 bridgehead atoms. The lowest BCUT2D eigenvalue weighted by molar-refractivity contribution is -0.385. The molecule has 3 aromatic rings. The van der Waals surface area contributed by atoms with Crippen LogP contribution in [-0.2, 0) is 22.6 Å². The Bertz CT molecular complexity index is 1030. The van der Waals surface area contributed by atoms with Crippen molar-refractivity contribution in [2.24, 2.45) is 0 Å². The van der Waals surface area contributed by atoms with Gasteiger partial charge in [-0.3, -0.25) is 14.9 Å². The van der Waals surface area contributed by atoms with Crippen LogP contribution < -0.4 is 0 Å². The SMILES string of the molecule is Cc1ccc(C(=O)OCC(=O)N(Cc2ccccc2)Cc2ccccc2)cc1[N+](=O)[O-]. The average Bonchev–Trinajstić information content (AvgIpc) is 2.78. The molecule has 3 rings (SSSR count). The molecule has 0 N–H and O–H groups in total. The standard InChI is InChI=1S/C24H22N2O5/c1-18-12-13-21(14-22(18)26(29)30)24(28)31-17-23(27)25(15-19-8-4-2-5-9-19)16-20-10-6-3-7-11-20/h2-14H,15-17H2,1H3. The highest BCUT2D eigenvalue weighted by Crippen LogP contribution is 2.20. The van der Waals surface area contributed by atoms with E-state index in [4.69, 9.17) is 4.74 Å². The zero-order valence-corrected chi connectivity index (χ0v) is 17.1. The number of carbonyl (C=O) groups is 2. The van der Waals surface area contributed by atoms with Gasteiger partial charge in [-0.2, -0.15) is 0 Å². The first kappa shape index (κ1) is 21.7. The minimum Gasteiger partial charge on any atom is -0.452 e. The second kappa shape index (κ2) is 10.2. The van der Waals surface area contributed by atoms with E-state index in [0.717, 1.165) is 17.2 Å². The minimum atomic E-state index is -0.782. The normalized spacial score (nSPS) is 10.4. The van der Waals surface area contributed by atoms with E-state index in [-0.39, 0.29) is 17.2 Å². The smallest absolute Gasteiger partial charge is 0.338 e. The number of esters is 1. The van der Waals surface area contributed by atoms with Crippen molar-refractivity contribution < 1.29 is 19.2 Å². The first-order valence-corrected chi connectivity index (χ1v) is 9.72. The molecule has 0 unspecified atom stereocenters. The van der Waals surface area contributed by atoms with Crippen molar-refractivity contribution in [1.29, 1.82) is 0 Å².